The molecular formula is C15H27N3O2. The molecule has 2 aliphatic rings. The third-order valence-corrected chi connectivity index (χ3v) is 4.32. The lowest BCUT2D eigenvalue weighted by molar-refractivity contribution is -0.139. The fourth-order valence-electron chi connectivity index (χ4n) is 2.83. The maximum Gasteiger partial charge on any atom is 0.227 e. The zero-order chi connectivity index (χ0) is 14.5. The minimum atomic E-state index is -0.00471. The van der Waals surface area contributed by atoms with Crippen LogP contribution in [0.25, 0.3) is 0 Å². The fourth-order valence-corrected chi connectivity index (χ4v) is 2.83. The van der Waals surface area contributed by atoms with Gasteiger partial charge in [-0.25, -0.2) is 0 Å². The van der Waals surface area contributed by atoms with E-state index in [0.29, 0.717) is 19.4 Å². The van der Waals surface area contributed by atoms with Crippen LogP contribution in [0, 0.1) is 11.8 Å². The molecule has 1 atom stereocenters. The van der Waals surface area contributed by atoms with Gasteiger partial charge in [-0.1, -0.05) is 13.8 Å². The van der Waals surface area contributed by atoms with Crippen molar-refractivity contribution < 1.29 is 9.59 Å². The summed E-state index contributed by atoms with van der Waals surface area (Å²) < 4.78 is 0. The largest absolute Gasteiger partial charge is 0.355 e. The lowest BCUT2D eigenvalue weighted by Crippen LogP contribution is -2.52. The van der Waals surface area contributed by atoms with E-state index in [4.69, 9.17) is 0 Å². The van der Waals surface area contributed by atoms with E-state index < -0.39 is 0 Å². The van der Waals surface area contributed by atoms with Crippen molar-refractivity contribution >= 4 is 11.8 Å². The van der Waals surface area contributed by atoms with Crippen LogP contribution < -0.4 is 5.32 Å². The van der Waals surface area contributed by atoms with E-state index >= 15 is 0 Å². The Labute approximate surface area is 121 Å². The highest BCUT2D eigenvalue weighted by Gasteiger charge is 2.30. The van der Waals surface area contributed by atoms with Gasteiger partial charge in [0.15, 0.2) is 0 Å². The first-order valence-corrected chi connectivity index (χ1v) is 7.84. The fraction of sp³-hybridized carbons (Fsp3) is 0.867. The number of carbonyl (C=O) groups is 2. The number of amides is 2. The zero-order valence-corrected chi connectivity index (χ0v) is 12.7. The van der Waals surface area contributed by atoms with Crippen LogP contribution in [-0.2, 0) is 9.59 Å². The Morgan fingerprint density at radius 3 is 2.55 bits per heavy atom. The number of piperazine rings is 1. The van der Waals surface area contributed by atoms with Crippen molar-refractivity contribution in [1.82, 2.24) is 15.1 Å². The molecule has 2 amide bonds. The molecule has 1 unspecified atom stereocenters. The number of rotatable bonds is 4. The number of nitrogens with zero attached hydrogens (tertiary/aromatic N) is 2. The van der Waals surface area contributed by atoms with Crippen molar-refractivity contribution in [1.29, 1.82) is 0 Å². The summed E-state index contributed by atoms with van der Waals surface area (Å²) in [6, 6.07) is 0. The predicted molar refractivity (Wildman–Crippen MR) is 78.2 cm³/mol. The van der Waals surface area contributed by atoms with Gasteiger partial charge in [-0.15, -0.1) is 0 Å². The van der Waals surface area contributed by atoms with Gasteiger partial charge < -0.3 is 10.2 Å². The molecule has 0 radical (unpaired) electrons. The van der Waals surface area contributed by atoms with Crippen LogP contribution in [0.5, 0.6) is 0 Å². The Hall–Kier alpha value is -1.10. The minimum Gasteiger partial charge on any atom is -0.355 e. The van der Waals surface area contributed by atoms with E-state index in [0.717, 1.165) is 38.6 Å². The van der Waals surface area contributed by atoms with E-state index in [-0.39, 0.29) is 17.7 Å². The van der Waals surface area contributed by atoms with Crippen LogP contribution >= 0.6 is 0 Å². The van der Waals surface area contributed by atoms with Crippen LogP contribution in [0.1, 0.15) is 33.1 Å². The van der Waals surface area contributed by atoms with Crippen LogP contribution in [0.15, 0.2) is 0 Å². The Morgan fingerprint density at radius 1 is 1.30 bits per heavy atom. The van der Waals surface area contributed by atoms with Crippen molar-refractivity contribution in [3.05, 3.63) is 0 Å². The summed E-state index contributed by atoms with van der Waals surface area (Å²) >= 11 is 0. The SMILES string of the molecule is CC(C)CCN1CCN(C(=O)C2CCC(=O)NC2)CC1. The maximum atomic E-state index is 12.4. The summed E-state index contributed by atoms with van der Waals surface area (Å²) in [6.45, 7) is 9.79. The number of hydrogen-bond acceptors (Lipinski definition) is 3. The molecule has 2 aliphatic heterocycles. The summed E-state index contributed by atoms with van der Waals surface area (Å²) in [7, 11) is 0. The van der Waals surface area contributed by atoms with Gasteiger partial charge in [0, 0.05) is 39.1 Å². The second-order valence-electron chi connectivity index (χ2n) is 6.39. The van der Waals surface area contributed by atoms with E-state index in [1.807, 2.05) is 4.90 Å². The molecule has 114 valence electrons. The highest BCUT2D eigenvalue weighted by atomic mass is 16.2. The maximum absolute atomic E-state index is 12.4. The number of nitrogens with one attached hydrogen (secondary N) is 1. The third kappa shape index (κ3) is 4.20. The number of piperidine rings is 1. The molecule has 0 bridgehead atoms. The van der Waals surface area contributed by atoms with Crippen LogP contribution in [-0.4, -0.2) is 60.9 Å². The molecule has 0 saturated carbocycles. The van der Waals surface area contributed by atoms with E-state index in [2.05, 4.69) is 24.1 Å². The molecule has 0 aliphatic carbocycles. The molecule has 0 aromatic heterocycles. The first kappa shape index (κ1) is 15.3. The monoisotopic (exact) mass is 281 g/mol. The van der Waals surface area contributed by atoms with Gasteiger partial charge in [-0.3, -0.25) is 14.5 Å². The van der Waals surface area contributed by atoms with Gasteiger partial charge in [0.2, 0.25) is 11.8 Å². The second kappa shape index (κ2) is 7.07. The first-order valence-electron chi connectivity index (χ1n) is 7.84. The third-order valence-electron chi connectivity index (χ3n) is 4.32. The molecular weight excluding hydrogens is 254 g/mol. The van der Waals surface area contributed by atoms with E-state index in [1.54, 1.807) is 0 Å². The minimum absolute atomic E-state index is 0.00471. The van der Waals surface area contributed by atoms with Crippen molar-refractivity contribution in [3.63, 3.8) is 0 Å². The van der Waals surface area contributed by atoms with Crippen molar-refractivity contribution in [2.24, 2.45) is 11.8 Å². The molecule has 2 saturated heterocycles. The Morgan fingerprint density at radius 2 is 2.00 bits per heavy atom. The Bertz CT molecular complexity index is 339. The first-order chi connectivity index (χ1) is 9.56. The van der Waals surface area contributed by atoms with Crippen molar-refractivity contribution in [3.8, 4) is 0 Å². The Balaban J connectivity index is 1.73. The van der Waals surface area contributed by atoms with Crippen molar-refractivity contribution in [2.45, 2.75) is 33.1 Å². The Kier molecular flexibility index (Phi) is 5.40. The highest BCUT2D eigenvalue weighted by Crippen LogP contribution is 2.16. The topological polar surface area (TPSA) is 52.7 Å². The molecule has 2 fully saturated rings. The standard InChI is InChI=1S/C15H27N3O2/c1-12(2)5-6-17-7-9-18(10-8-17)15(20)13-3-4-14(19)16-11-13/h12-13H,3-11H2,1-2H3,(H,16,19). The molecule has 0 spiro atoms. The lowest BCUT2D eigenvalue weighted by Gasteiger charge is -2.37. The molecule has 0 aromatic carbocycles. The van der Waals surface area contributed by atoms with Gasteiger partial charge in [0.25, 0.3) is 0 Å². The summed E-state index contributed by atoms with van der Waals surface area (Å²) in [5.74, 6) is 1.04. The van der Waals surface area contributed by atoms with Gasteiger partial charge in [0.05, 0.1) is 5.92 Å². The molecule has 2 rings (SSSR count). The number of hydrogen-bond donors (Lipinski definition) is 1. The van der Waals surface area contributed by atoms with Crippen LogP contribution in [0.4, 0.5) is 0 Å². The zero-order valence-electron chi connectivity index (χ0n) is 12.7. The van der Waals surface area contributed by atoms with E-state index in [1.165, 1.54) is 6.42 Å². The average Bonchev–Trinajstić information content (AvgIpc) is 2.46. The quantitative estimate of drug-likeness (QED) is 0.825. The second-order valence-corrected chi connectivity index (χ2v) is 6.39. The predicted octanol–water partition coefficient (Wildman–Crippen LogP) is 0.703. The molecule has 2 heterocycles. The average molecular weight is 281 g/mol. The smallest absolute Gasteiger partial charge is 0.227 e. The summed E-state index contributed by atoms with van der Waals surface area (Å²) in [5, 5.41) is 2.80. The van der Waals surface area contributed by atoms with Crippen LogP contribution in [0.3, 0.4) is 0 Å². The molecule has 1 N–H and O–H groups in total. The lowest BCUT2D eigenvalue weighted by atomic mass is 9.97. The van der Waals surface area contributed by atoms with Gasteiger partial charge in [0.1, 0.15) is 0 Å². The van der Waals surface area contributed by atoms with Crippen molar-refractivity contribution in [2.75, 3.05) is 39.3 Å². The summed E-state index contributed by atoms with van der Waals surface area (Å²) in [5.41, 5.74) is 0. The summed E-state index contributed by atoms with van der Waals surface area (Å²) in [6.07, 6.45) is 2.42. The highest BCUT2D eigenvalue weighted by molar-refractivity contribution is 5.83. The van der Waals surface area contributed by atoms with Gasteiger partial charge >= 0.3 is 0 Å². The van der Waals surface area contributed by atoms with Crippen LogP contribution in [0.2, 0.25) is 0 Å². The molecule has 20 heavy (non-hydrogen) atoms. The van der Waals surface area contributed by atoms with Gasteiger partial charge in [-0.2, -0.15) is 0 Å². The summed E-state index contributed by atoms with van der Waals surface area (Å²) in [4.78, 5) is 28.0. The molecule has 0 aromatic rings. The number of carbonyl (C=O) groups excluding carboxylic acids is 2. The van der Waals surface area contributed by atoms with Gasteiger partial charge in [-0.05, 0) is 25.3 Å². The molecule has 5 nitrogen and oxygen atoms in total. The normalized spacial score (nSPS) is 24.9. The van der Waals surface area contributed by atoms with E-state index in [9.17, 15) is 9.59 Å². The molecule has 5 heteroatoms.